The predicted molar refractivity (Wildman–Crippen MR) is 68.6 cm³/mol. The smallest absolute Gasteiger partial charge is 0.350 e. The van der Waals surface area contributed by atoms with Gasteiger partial charge in [0, 0.05) is 6.54 Å². The van der Waals surface area contributed by atoms with Crippen molar-refractivity contribution in [2.24, 2.45) is 0 Å². The van der Waals surface area contributed by atoms with E-state index in [1.165, 1.54) is 12.1 Å². The van der Waals surface area contributed by atoms with Crippen molar-refractivity contribution < 1.29 is 13.2 Å². The van der Waals surface area contributed by atoms with E-state index in [9.17, 15) is 13.2 Å². The third kappa shape index (κ3) is 3.94. The van der Waals surface area contributed by atoms with Crippen molar-refractivity contribution in [3.8, 4) is 0 Å². The summed E-state index contributed by atoms with van der Waals surface area (Å²) in [4.78, 5) is 11.1. The average Bonchev–Trinajstić information content (AvgIpc) is 2.35. The van der Waals surface area contributed by atoms with Gasteiger partial charge >= 0.3 is 6.18 Å². The fourth-order valence-electron chi connectivity index (χ4n) is 1.40. The third-order valence-electron chi connectivity index (χ3n) is 2.31. The predicted octanol–water partition coefficient (Wildman–Crippen LogP) is 3.81. The lowest BCUT2D eigenvalue weighted by Crippen LogP contribution is -2.07. The van der Waals surface area contributed by atoms with Gasteiger partial charge in [-0.25, -0.2) is 0 Å². The van der Waals surface area contributed by atoms with E-state index in [0.29, 0.717) is 5.56 Å². The van der Waals surface area contributed by atoms with Gasteiger partial charge in [-0.15, -0.1) is 0 Å². The molecule has 0 radical (unpaired) electrons. The highest BCUT2D eigenvalue weighted by molar-refractivity contribution is 6.31. The van der Waals surface area contributed by atoms with Crippen LogP contribution in [0.3, 0.4) is 0 Å². The van der Waals surface area contributed by atoms with Gasteiger partial charge in [0.05, 0.1) is 5.56 Å². The van der Waals surface area contributed by atoms with E-state index in [1.807, 2.05) is 0 Å². The molecule has 0 bridgehead atoms. The zero-order chi connectivity index (χ0) is 14.8. The Labute approximate surface area is 122 Å². The summed E-state index contributed by atoms with van der Waals surface area (Å²) in [6.07, 6.45) is -4.35. The largest absolute Gasteiger partial charge is 0.416 e. The van der Waals surface area contributed by atoms with Crippen molar-refractivity contribution in [3.05, 3.63) is 46.0 Å². The molecule has 4 nitrogen and oxygen atoms in total. The molecule has 0 unspecified atom stereocenters. The lowest BCUT2D eigenvalue weighted by atomic mass is 10.1. The van der Waals surface area contributed by atoms with Gasteiger partial charge in [-0.05, 0) is 40.9 Å². The number of hydrogen-bond acceptors (Lipinski definition) is 4. The molecule has 1 heterocycles. The van der Waals surface area contributed by atoms with Gasteiger partial charge in [-0.2, -0.15) is 28.1 Å². The van der Waals surface area contributed by atoms with Crippen LogP contribution in [0, 0.1) is 0 Å². The van der Waals surface area contributed by atoms with Gasteiger partial charge in [-0.1, -0.05) is 12.1 Å². The molecular formula is C11H7Cl2F3N4. The van der Waals surface area contributed by atoms with Gasteiger partial charge in [-0.3, -0.25) is 0 Å². The van der Waals surface area contributed by atoms with Gasteiger partial charge in [0.15, 0.2) is 0 Å². The molecule has 1 N–H and O–H groups in total. The lowest BCUT2D eigenvalue weighted by molar-refractivity contribution is -0.137. The van der Waals surface area contributed by atoms with E-state index in [0.717, 1.165) is 12.1 Å². The summed E-state index contributed by atoms with van der Waals surface area (Å²) in [5.74, 6) is 0.148. The molecule has 0 fully saturated rings. The lowest BCUT2D eigenvalue weighted by Gasteiger charge is -2.08. The van der Waals surface area contributed by atoms with Crippen LogP contribution in [0.4, 0.5) is 19.1 Å². The van der Waals surface area contributed by atoms with Gasteiger partial charge < -0.3 is 5.32 Å². The minimum atomic E-state index is -4.35. The average molecular weight is 323 g/mol. The fraction of sp³-hybridized carbons (Fsp3) is 0.182. The second-order valence-electron chi connectivity index (χ2n) is 3.75. The second kappa shape index (κ2) is 5.80. The Balaban J connectivity index is 2.04. The number of rotatable bonds is 3. The highest BCUT2D eigenvalue weighted by atomic mass is 35.5. The normalized spacial score (nSPS) is 11.4. The first-order chi connectivity index (χ1) is 9.34. The van der Waals surface area contributed by atoms with E-state index in [4.69, 9.17) is 23.2 Å². The summed E-state index contributed by atoms with van der Waals surface area (Å²) in [5, 5.41) is 2.65. The van der Waals surface area contributed by atoms with Crippen LogP contribution in [-0.2, 0) is 12.7 Å². The molecule has 0 spiro atoms. The minimum absolute atomic E-state index is 0.0695. The summed E-state index contributed by atoms with van der Waals surface area (Å²) < 4.78 is 37.2. The molecular weight excluding hydrogens is 316 g/mol. The molecule has 2 aromatic rings. The van der Waals surface area contributed by atoms with Crippen molar-refractivity contribution in [2.75, 3.05) is 5.32 Å². The molecule has 106 valence electrons. The Morgan fingerprint density at radius 3 is 2.00 bits per heavy atom. The highest BCUT2D eigenvalue weighted by Crippen LogP contribution is 2.29. The Kier molecular flexibility index (Phi) is 4.29. The molecule has 1 aromatic carbocycles. The van der Waals surface area contributed by atoms with Crippen LogP contribution in [-0.4, -0.2) is 15.0 Å². The fourth-order valence-corrected chi connectivity index (χ4v) is 1.76. The van der Waals surface area contributed by atoms with Crippen LogP contribution in [0.15, 0.2) is 24.3 Å². The first kappa shape index (κ1) is 14.8. The molecule has 20 heavy (non-hydrogen) atoms. The molecule has 0 saturated carbocycles. The molecule has 0 aliphatic carbocycles. The number of anilines is 1. The first-order valence-electron chi connectivity index (χ1n) is 5.32. The van der Waals surface area contributed by atoms with Crippen molar-refractivity contribution in [1.82, 2.24) is 15.0 Å². The van der Waals surface area contributed by atoms with E-state index in [-0.39, 0.29) is 23.1 Å². The molecule has 1 aromatic heterocycles. The summed E-state index contributed by atoms with van der Waals surface area (Å²) in [7, 11) is 0. The van der Waals surface area contributed by atoms with Crippen LogP contribution in [0.25, 0.3) is 0 Å². The maximum atomic E-state index is 12.4. The van der Waals surface area contributed by atoms with Crippen LogP contribution < -0.4 is 5.32 Å². The van der Waals surface area contributed by atoms with E-state index < -0.39 is 11.7 Å². The Hall–Kier alpha value is -1.60. The summed E-state index contributed by atoms with van der Waals surface area (Å²) in [6.45, 7) is 0.231. The molecule has 0 atom stereocenters. The number of nitrogens with zero attached hydrogens (tertiary/aromatic N) is 3. The molecule has 0 aliphatic rings. The molecule has 0 saturated heterocycles. The SMILES string of the molecule is FC(F)(F)c1ccc(CNc2nc(Cl)nc(Cl)n2)cc1. The summed E-state index contributed by atoms with van der Waals surface area (Å²) in [6, 6.07) is 4.73. The van der Waals surface area contributed by atoms with Crippen molar-refractivity contribution >= 4 is 29.2 Å². The Bertz CT molecular complexity index is 581. The summed E-state index contributed by atoms with van der Waals surface area (Å²) in [5.41, 5.74) is -0.0712. The molecule has 2 rings (SSSR count). The van der Waals surface area contributed by atoms with Crippen LogP contribution in [0.5, 0.6) is 0 Å². The second-order valence-corrected chi connectivity index (χ2v) is 4.42. The third-order valence-corrected chi connectivity index (χ3v) is 2.65. The number of hydrogen-bond donors (Lipinski definition) is 1. The first-order valence-corrected chi connectivity index (χ1v) is 6.07. The highest BCUT2D eigenvalue weighted by Gasteiger charge is 2.29. The Morgan fingerprint density at radius 1 is 0.950 bits per heavy atom. The molecule has 9 heteroatoms. The van der Waals surface area contributed by atoms with Crippen LogP contribution >= 0.6 is 23.2 Å². The Morgan fingerprint density at radius 2 is 1.50 bits per heavy atom. The molecule has 0 amide bonds. The van der Waals surface area contributed by atoms with Crippen LogP contribution in [0.2, 0.25) is 10.6 Å². The number of benzene rings is 1. The monoisotopic (exact) mass is 322 g/mol. The maximum Gasteiger partial charge on any atom is 0.416 e. The van der Waals surface area contributed by atoms with Crippen molar-refractivity contribution in [2.45, 2.75) is 12.7 Å². The van der Waals surface area contributed by atoms with Crippen molar-refractivity contribution in [1.29, 1.82) is 0 Å². The standard InChI is InChI=1S/C11H7Cl2F3N4/c12-8-18-9(13)20-10(19-8)17-5-6-1-3-7(4-2-6)11(14,15)16/h1-4H,5H2,(H,17,18,19,20). The van der Waals surface area contributed by atoms with E-state index >= 15 is 0 Å². The van der Waals surface area contributed by atoms with Crippen LogP contribution in [0.1, 0.15) is 11.1 Å². The molecule has 0 aliphatic heterocycles. The number of alkyl halides is 3. The number of halogens is 5. The van der Waals surface area contributed by atoms with Gasteiger partial charge in [0.25, 0.3) is 0 Å². The zero-order valence-corrected chi connectivity index (χ0v) is 11.3. The van der Waals surface area contributed by atoms with E-state index in [2.05, 4.69) is 20.3 Å². The van der Waals surface area contributed by atoms with E-state index in [1.54, 1.807) is 0 Å². The number of aromatic nitrogens is 3. The maximum absolute atomic E-state index is 12.4. The topological polar surface area (TPSA) is 50.7 Å². The zero-order valence-electron chi connectivity index (χ0n) is 9.75. The summed E-state index contributed by atoms with van der Waals surface area (Å²) >= 11 is 11.2. The minimum Gasteiger partial charge on any atom is -0.350 e. The quantitative estimate of drug-likeness (QED) is 0.933. The van der Waals surface area contributed by atoms with Crippen molar-refractivity contribution in [3.63, 3.8) is 0 Å². The number of nitrogens with one attached hydrogen (secondary N) is 1. The van der Waals surface area contributed by atoms with Gasteiger partial charge in [0.1, 0.15) is 0 Å². The van der Waals surface area contributed by atoms with Gasteiger partial charge in [0.2, 0.25) is 16.5 Å².